The number of hydrogen-bond donors (Lipinski definition) is 1. The van der Waals surface area contributed by atoms with Crippen molar-refractivity contribution in [1.82, 2.24) is 24.1 Å². The Bertz CT molecular complexity index is 2210. The van der Waals surface area contributed by atoms with Crippen LogP contribution in [-0.2, 0) is 0 Å². The molecule has 3 heterocycles. The van der Waals surface area contributed by atoms with Gasteiger partial charge in [-0.05, 0) is 83.8 Å². The minimum absolute atomic E-state index is 0.196. The molecule has 7 rings (SSSR count). The lowest BCUT2D eigenvalue weighted by Crippen LogP contribution is -2.07. The summed E-state index contributed by atoms with van der Waals surface area (Å²) in [6.45, 7) is 13.2. The Kier molecular flexibility index (Phi) is 7.72. The maximum absolute atomic E-state index is 11.0. The van der Waals surface area contributed by atoms with Crippen molar-refractivity contribution in [2.75, 3.05) is 0 Å². The van der Waals surface area contributed by atoms with Crippen molar-refractivity contribution in [3.63, 3.8) is 0 Å². The first kappa shape index (κ1) is 30.2. The smallest absolute Gasteiger partial charge is 0.182 e. The summed E-state index contributed by atoms with van der Waals surface area (Å²) < 4.78 is 4.03. The molecular formula is C41H39N5O. The van der Waals surface area contributed by atoms with Gasteiger partial charge in [0.1, 0.15) is 11.6 Å². The summed E-state index contributed by atoms with van der Waals surface area (Å²) in [6.07, 6.45) is 4.05. The SMILES string of the molecule is Cc1cccc(C)c1-c1cccn2nc(-c3cccc(-c4cn(-c5c(C(C)C)cccc5C(C)C)c(-c5ccccc5O)n4)c3)nc12. The zero-order chi connectivity index (χ0) is 32.8. The highest BCUT2D eigenvalue weighted by Gasteiger charge is 2.23. The van der Waals surface area contributed by atoms with Crippen LogP contribution in [0.5, 0.6) is 5.75 Å². The zero-order valence-electron chi connectivity index (χ0n) is 27.7. The highest BCUT2D eigenvalue weighted by Crippen LogP contribution is 2.39. The summed E-state index contributed by atoms with van der Waals surface area (Å²) in [7, 11) is 0. The maximum atomic E-state index is 11.0. The number of aromatic nitrogens is 5. The van der Waals surface area contributed by atoms with Gasteiger partial charge in [-0.2, -0.15) is 0 Å². The van der Waals surface area contributed by atoms with Gasteiger partial charge in [0.05, 0.1) is 16.9 Å². The van der Waals surface area contributed by atoms with Gasteiger partial charge in [-0.15, -0.1) is 5.10 Å². The number of rotatable bonds is 7. The van der Waals surface area contributed by atoms with E-state index in [9.17, 15) is 5.11 Å². The molecule has 0 fully saturated rings. The Morgan fingerprint density at radius 3 is 2.00 bits per heavy atom. The predicted molar refractivity (Wildman–Crippen MR) is 191 cm³/mol. The molecule has 47 heavy (non-hydrogen) atoms. The maximum Gasteiger partial charge on any atom is 0.182 e. The van der Waals surface area contributed by atoms with Crippen LogP contribution >= 0.6 is 0 Å². The van der Waals surface area contributed by atoms with Gasteiger partial charge in [0.25, 0.3) is 0 Å². The van der Waals surface area contributed by atoms with Crippen LogP contribution in [0.3, 0.4) is 0 Å². The summed E-state index contributed by atoms with van der Waals surface area (Å²) in [5.74, 6) is 2.14. The minimum atomic E-state index is 0.196. The molecule has 0 radical (unpaired) electrons. The molecule has 234 valence electrons. The standard InChI is InChI=1S/C41H39N5O/c1-25(2)31-18-11-19-32(26(3)4)38(31)45-24-35(42-40(45)33-17-7-8-21-36(33)47)29-15-10-16-30(23-29)39-43-41-34(20-12-22-46(41)44-39)37-27(5)13-9-14-28(37)6/h7-26,47H,1-6H3. The number of phenols is 1. The number of imidazole rings is 1. The summed E-state index contributed by atoms with van der Waals surface area (Å²) in [5.41, 5.74) is 12.4. The Hall–Kier alpha value is -5.49. The van der Waals surface area contributed by atoms with Crippen molar-refractivity contribution in [3.8, 4) is 56.6 Å². The van der Waals surface area contributed by atoms with Gasteiger partial charge >= 0.3 is 0 Å². The highest BCUT2D eigenvalue weighted by atomic mass is 16.3. The van der Waals surface area contributed by atoms with Gasteiger partial charge < -0.3 is 5.11 Å². The van der Waals surface area contributed by atoms with E-state index in [1.54, 1.807) is 6.07 Å². The number of aromatic hydroxyl groups is 1. The molecule has 1 N–H and O–H groups in total. The van der Waals surface area contributed by atoms with Crippen molar-refractivity contribution < 1.29 is 5.11 Å². The molecule has 0 amide bonds. The second kappa shape index (κ2) is 12.0. The van der Waals surface area contributed by atoms with Gasteiger partial charge in [0.2, 0.25) is 0 Å². The van der Waals surface area contributed by atoms with E-state index in [1.807, 2.05) is 47.1 Å². The molecule has 0 saturated heterocycles. The van der Waals surface area contributed by atoms with Crippen molar-refractivity contribution in [3.05, 3.63) is 132 Å². The first-order valence-corrected chi connectivity index (χ1v) is 16.2. The molecule has 0 saturated carbocycles. The number of pyridine rings is 1. The first-order valence-electron chi connectivity index (χ1n) is 16.2. The summed E-state index contributed by atoms with van der Waals surface area (Å²) in [6, 6.07) is 32.7. The fraction of sp³-hybridized carbons (Fsp3) is 0.195. The lowest BCUT2D eigenvalue weighted by Gasteiger charge is -2.22. The van der Waals surface area contributed by atoms with E-state index in [-0.39, 0.29) is 5.75 Å². The molecule has 3 aromatic heterocycles. The van der Waals surface area contributed by atoms with E-state index in [4.69, 9.17) is 15.1 Å². The van der Waals surface area contributed by atoms with Crippen molar-refractivity contribution >= 4 is 5.65 Å². The highest BCUT2D eigenvalue weighted by molar-refractivity contribution is 5.83. The van der Waals surface area contributed by atoms with Crippen molar-refractivity contribution in [2.24, 2.45) is 0 Å². The lowest BCUT2D eigenvalue weighted by atomic mass is 9.92. The molecule has 0 aliphatic rings. The number of fused-ring (bicyclic) bond motifs is 1. The minimum Gasteiger partial charge on any atom is -0.507 e. The molecule has 6 heteroatoms. The van der Waals surface area contributed by atoms with Gasteiger partial charge in [0.15, 0.2) is 11.5 Å². The number of nitrogens with zero attached hydrogens (tertiary/aromatic N) is 5. The molecule has 0 spiro atoms. The number of hydrogen-bond acceptors (Lipinski definition) is 4. The van der Waals surface area contributed by atoms with E-state index in [2.05, 4.69) is 107 Å². The molecule has 6 nitrogen and oxygen atoms in total. The van der Waals surface area contributed by atoms with E-state index in [1.165, 1.54) is 27.8 Å². The fourth-order valence-electron chi connectivity index (χ4n) is 6.61. The predicted octanol–water partition coefficient (Wildman–Crippen LogP) is 10.2. The van der Waals surface area contributed by atoms with Crippen LogP contribution < -0.4 is 0 Å². The third-order valence-electron chi connectivity index (χ3n) is 8.96. The van der Waals surface area contributed by atoms with Gasteiger partial charge in [-0.3, -0.25) is 4.57 Å². The third-order valence-corrected chi connectivity index (χ3v) is 8.96. The molecule has 0 unspecified atom stereocenters. The van der Waals surface area contributed by atoms with Crippen molar-refractivity contribution in [2.45, 2.75) is 53.4 Å². The molecule has 4 aromatic carbocycles. The fourth-order valence-corrected chi connectivity index (χ4v) is 6.61. The van der Waals surface area contributed by atoms with Gasteiger partial charge in [-0.1, -0.05) is 94.4 Å². The average Bonchev–Trinajstić information content (AvgIpc) is 3.70. The van der Waals surface area contributed by atoms with Crippen LogP contribution in [0.2, 0.25) is 0 Å². The van der Waals surface area contributed by atoms with E-state index >= 15 is 0 Å². The average molecular weight is 618 g/mol. The topological polar surface area (TPSA) is 68.2 Å². The molecular weight excluding hydrogens is 578 g/mol. The number of phenolic OH excluding ortho intramolecular Hbond substituents is 1. The number of aryl methyl sites for hydroxylation is 2. The van der Waals surface area contributed by atoms with Crippen LogP contribution in [-0.4, -0.2) is 29.3 Å². The quantitative estimate of drug-likeness (QED) is 0.193. The molecule has 0 aliphatic heterocycles. The molecule has 0 bridgehead atoms. The Morgan fingerprint density at radius 1 is 0.660 bits per heavy atom. The van der Waals surface area contributed by atoms with Crippen molar-refractivity contribution in [1.29, 1.82) is 0 Å². The number of para-hydroxylation sites is 2. The third kappa shape index (κ3) is 5.40. The Labute approximate surface area is 276 Å². The van der Waals surface area contributed by atoms with Crippen LogP contribution in [0.15, 0.2) is 109 Å². The number of benzene rings is 4. The summed E-state index contributed by atoms with van der Waals surface area (Å²) in [4.78, 5) is 10.3. The first-order chi connectivity index (χ1) is 22.7. The summed E-state index contributed by atoms with van der Waals surface area (Å²) >= 11 is 0. The van der Waals surface area contributed by atoms with Crippen LogP contribution in [0.1, 0.15) is 61.8 Å². The van der Waals surface area contributed by atoms with Gasteiger partial charge in [-0.25, -0.2) is 14.5 Å². The second-order valence-electron chi connectivity index (χ2n) is 12.9. The lowest BCUT2D eigenvalue weighted by molar-refractivity contribution is 0.477. The Morgan fingerprint density at radius 2 is 1.30 bits per heavy atom. The zero-order valence-corrected chi connectivity index (χ0v) is 27.7. The van der Waals surface area contributed by atoms with Crippen LogP contribution in [0, 0.1) is 13.8 Å². The van der Waals surface area contributed by atoms with E-state index < -0.39 is 0 Å². The normalized spacial score (nSPS) is 11.7. The van der Waals surface area contributed by atoms with E-state index in [0.717, 1.165) is 33.7 Å². The summed E-state index contributed by atoms with van der Waals surface area (Å²) in [5, 5.41) is 15.9. The molecule has 0 atom stereocenters. The monoisotopic (exact) mass is 617 g/mol. The molecule has 0 aliphatic carbocycles. The van der Waals surface area contributed by atoms with Gasteiger partial charge in [0, 0.05) is 29.1 Å². The Balaban J connectivity index is 1.39. The van der Waals surface area contributed by atoms with Crippen LogP contribution in [0.25, 0.3) is 56.5 Å². The molecule has 7 aromatic rings. The van der Waals surface area contributed by atoms with E-state index in [0.29, 0.717) is 29.0 Å². The second-order valence-corrected chi connectivity index (χ2v) is 12.9. The largest absolute Gasteiger partial charge is 0.507 e. The van der Waals surface area contributed by atoms with Crippen LogP contribution in [0.4, 0.5) is 0 Å².